The van der Waals surface area contributed by atoms with Crippen LogP contribution >= 0.6 is 11.3 Å². The van der Waals surface area contributed by atoms with Crippen LogP contribution in [0.5, 0.6) is 11.5 Å². The Kier molecular flexibility index (Phi) is 4.20. The summed E-state index contributed by atoms with van der Waals surface area (Å²) in [5.74, 6) is -0.0619. The van der Waals surface area contributed by atoms with E-state index in [4.69, 9.17) is 14.6 Å². The van der Waals surface area contributed by atoms with Crippen LogP contribution in [0.2, 0.25) is 0 Å². The second-order valence-corrected chi connectivity index (χ2v) is 6.14. The molecule has 23 heavy (non-hydrogen) atoms. The van der Waals surface area contributed by atoms with Crippen molar-refractivity contribution in [2.75, 3.05) is 13.2 Å². The normalized spacial score (nSPS) is 14.1. The van der Waals surface area contributed by atoms with E-state index in [1.807, 2.05) is 24.3 Å². The number of carbonyl (C=O) groups excluding carboxylic acids is 1. The number of thiophene rings is 1. The quantitative estimate of drug-likeness (QED) is 0.897. The summed E-state index contributed by atoms with van der Waals surface area (Å²) in [6.07, 6.45) is 0. The SMILES string of the molecule is C[C@H](NC(=O)c1ccc(-c2ccc3c(c2)OCCO3)s1)C(=O)O. The molecule has 1 atom stereocenters. The minimum absolute atomic E-state index is 0.395. The highest BCUT2D eigenvalue weighted by molar-refractivity contribution is 7.17. The Bertz CT molecular complexity index is 755. The number of carbonyl (C=O) groups is 2. The fourth-order valence-electron chi connectivity index (χ4n) is 2.14. The predicted octanol–water partition coefficient (Wildman–Crippen LogP) is 2.39. The minimum atomic E-state index is -1.07. The highest BCUT2D eigenvalue weighted by Crippen LogP contribution is 2.36. The van der Waals surface area contributed by atoms with Gasteiger partial charge in [-0.25, -0.2) is 0 Å². The van der Waals surface area contributed by atoms with E-state index in [1.54, 1.807) is 6.07 Å². The number of aliphatic carboxylic acids is 1. The smallest absolute Gasteiger partial charge is 0.325 e. The monoisotopic (exact) mass is 333 g/mol. The van der Waals surface area contributed by atoms with E-state index in [0.717, 1.165) is 10.4 Å². The standard InChI is InChI=1S/C16H15NO5S/c1-9(16(19)20)17-15(18)14-5-4-13(23-14)10-2-3-11-12(8-10)22-7-6-21-11/h2-5,8-9H,6-7H2,1H3,(H,17,18)(H,19,20)/t9-/m0/s1. The van der Waals surface area contributed by atoms with Crippen LogP contribution in [0.15, 0.2) is 30.3 Å². The van der Waals surface area contributed by atoms with Crippen molar-refractivity contribution in [2.24, 2.45) is 0 Å². The molecule has 1 aromatic heterocycles. The summed E-state index contributed by atoms with van der Waals surface area (Å²) in [5, 5.41) is 11.3. The molecule has 3 rings (SSSR count). The molecule has 1 amide bonds. The second kappa shape index (κ2) is 6.29. The molecule has 6 nitrogen and oxygen atoms in total. The summed E-state index contributed by atoms with van der Waals surface area (Å²) in [7, 11) is 0. The molecule has 0 radical (unpaired) electrons. The van der Waals surface area contributed by atoms with Crippen molar-refractivity contribution >= 4 is 23.2 Å². The lowest BCUT2D eigenvalue weighted by molar-refractivity contribution is -0.138. The molecule has 1 aromatic carbocycles. The van der Waals surface area contributed by atoms with Gasteiger partial charge in [0.25, 0.3) is 5.91 Å². The first-order valence-electron chi connectivity index (χ1n) is 7.08. The maximum atomic E-state index is 12.0. The zero-order valence-electron chi connectivity index (χ0n) is 12.4. The Morgan fingerprint density at radius 3 is 2.65 bits per heavy atom. The van der Waals surface area contributed by atoms with Gasteiger partial charge in [0, 0.05) is 4.88 Å². The molecule has 0 saturated carbocycles. The van der Waals surface area contributed by atoms with E-state index in [0.29, 0.717) is 29.6 Å². The van der Waals surface area contributed by atoms with Crippen LogP contribution in [-0.2, 0) is 4.79 Å². The zero-order valence-corrected chi connectivity index (χ0v) is 13.2. The van der Waals surface area contributed by atoms with Gasteiger partial charge >= 0.3 is 5.97 Å². The highest BCUT2D eigenvalue weighted by Gasteiger charge is 2.18. The third-order valence-corrected chi connectivity index (χ3v) is 4.51. The lowest BCUT2D eigenvalue weighted by Crippen LogP contribution is -2.37. The Hall–Kier alpha value is -2.54. The maximum Gasteiger partial charge on any atom is 0.325 e. The van der Waals surface area contributed by atoms with Gasteiger partial charge in [-0.15, -0.1) is 11.3 Å². The lowest BCUT2D eigenvalue weighted by atomic mass is 10.1. The summed E-state index contributed by atoms with van der Waals surface area (Å²) in [6, 6.07) is 8.21. The molecular weight excluding hydrogens is 318 g/mol. The van der Waals surface area contributed by atoms with Gasteiger partial charge in [-0.1, -0.05) is 0 Å². The van der Waals surface area contributed by atoms with E-state index < -0.39 is 17.9 Å². The summed E-state index contributed by atoms with van der Waals surface area (Å²) >= 11 is 1.30. The Morgan fingerprint density at radius 1 is 1.17 bits per heavy atom. The summed E-state index contributed by atoms with van der Waals surface area (Å²) in [6.45, 7) is 2.48. The van der Waals surface area contributed by atoms with Gasteiger partial charge in [0.1, 0.15) is 19.3 Å². The van der Waals surface area contributed by atoms with Crippen LogP contribution in [0.3, 0.4) is 0 Å². The first-order chi connectivity index (χ1) is 11.0. The van der Waals surface area contributed by atoms with Crippen molar-refractivity contribution in [3.05, 3.63) is 35.2 Å². The number of hydrogen-bond acceptors (Lipinski definition) is 5. The average Bonchev–Trinajstić information content (AvgIpc) is 3.04. The first-order valence-corrected chi connectivity index (χ1v) is 7.90. The van der Waals surface area contributed by atoms with E-state index in [2.05, 4.69) is 5.32 Å². The van der Waals surface area contributed by atoms with E-state index in [9.17, 15) is 9.59 Å². The third kappa shape index (κ3) is 3.29. The summed E-state index contributed by atoms with van der Waals surface area (Å²) < 4.78 is 11.0. The number of ether oxygens (including phenoxy) is 2. The van der Waals surface area contributed by atoms with Crippen LogP contribution < -0.4 is 14.8 Å². The van der Waals surface area contributed by atoms with Crippen molar-refractivity contribution in [3.8, 4) is 21.9 Å². The van der Waals surface area contributed by atoms with Crippen molar-refractivity contribution in [2.45, 2.75) is 13.0 Å². The van der Waals surface area contributed by atoms with Crippen LogP contribution in [0.25, 0.3) is 10.4 Å². The number of carboxylic acids is 1. The molecule has 2 aromatic rings. The zero-order chi connectivity index (χ0) is 16.4. The number of carboxylic acid groups (broad SMARTS) is 1. The number of nitrogens with one attached hydrogen (secondary N) is 1. The van der Waals surface area contributed by atoms with Gasteiger partial charge in [-0.05, 0) is 42.8 Å². The molecule has 120 valence electrons. The largest absolute Gasteiger partial charge is 0.486 e. The number of benzene rings is 1. The van der Waals surface area contributed by atoms with Crippen molar-refractivity contribution in [3.63, 3.8) is 0 Å². The van der Waals surface area contributed by atoms with Crippen molar-refractivity contribution in [1.29, 1.82) is 0 Å². The number of rotatable bonds is 4. The number of amides is 1. The molecule has 0 saturated heterocycles. The Balaban J connectivity index is 1.79. The maximum absolute atomic E-state index is 12.0. The van der Waals surface area contributed by atoms with Gasteiger partial charge in [0.15, 0.2) is 11.5 Å². The molecule has 0 bridgehead atoms. The van der Waals surface area contributed by atoms with Crippen LogP contribution in [0.1, 0.15) is 16.6 Å². The fourth-order valence-corrected chi connectivity index (χ4v) is 3.05. The van der Waals surface area contributed by atoms with E-state index in [1.165, 1.54) is 18.3 Å². The summed E-state index contributed by atoms with van der Waals surface area (Å²) in [4.78, 5) is 24.2. The number of hydrogen-bond donors (Lipinski definition) is 2. The molecule has 1 aliphatic rings. The third-order valence-electron chi connectivity index (χ3n) is 3.37. The van der Waals surface area contributed by atoms with E-state index in [-0.39, 0.29) is 0 Å². The average molecular weight is 333 g/mol. The van der Waals surface area contributed by atoms with E-state index >= 15 is 0 Å². The van der Waals surface area contributed by atoms with Crippen LogP contribution in [0, 0.1) is 0 Å². The Labute approximate surface area is 136 Å². The fraction of sp³-hybridized carbons (Fsp3) is 0.250. The van der Waals surface area contributed by atoms with Crippen molar-refractivity contribution < 1.29 is 24.2 Å². The summed E-state index contributed by atoms with van der Waals surface area (Å²) in [5.41, 5.74) is 0.921. The van der Waals surface area contributed by atoms with Gasteiger partial charge in [-0.2, -0.15) is 0 Å². The van der Waals surface area contributed by atoms with Crippen LogP contribution in [-0.4, -0.2) is 36.2 Å². The molecule has 0 fully saturated rings. The molecule has 0 spiro atoms. The minimum Gasteiger partial charge on any atom is -0.486 e. The molecule has 1 aliphatic heterocycles. The highest BCUT2D eigenvalue weighted by atomic mass is 32.1. The van der Waals surface area contributed by atoms with Gasteiger partial charge in [0.2, 0.25) is 0 Å². The molecule has 0 unspecified atom stereocenters. The molecule has 0 aliphatic carbocycles. The predicted molar refractivity (Wildman–Crippen MR) is 85.3 cm³/mol. The Morgan fingerprint density at radius 2 is 1.91 bits per heavy atom. The van der Waals surface area contributed by atoms with Gasteiger partial charge < -0.3 is 19.9 Å². The molecule has 7 heteroatoms. The first kappa shape index (κ1) is 15.4. The molecular formula is C16H15NO5S. The van der Waals surface area contributed by atoms with Gasteiger partial charge in [0.05, 0.1) is 4.88 Å². The van der Waals surface area contributed by atoms with Crippen LogP contribution in [0.4, 0.5) is 0 Å². The van der Waals surface area contributed by atoms with Gasteiger partial charge in [-0.3, -0.25) is 9.59 Å². The van der Waals surface area contributed by atoms with Crippen molar-refractivity contribution in [1.82, 2.24) is 5.32 Å². The molecule has 2 heterocycles. The topological polar surface area (TPSA) is 84.9 Å². The molecule has 2 N–H and O–H groups in total. The number of fused-ring (bicyclic) bond motifs is 1. The lowest BCUT2D eigenvalue weighted by Gasteiger charge is -2.18. The second-order valence-electron chi connectivity index (χ2n) is 5.06.